The normalized spacial score (nSPS) is 13.3. The van der Waals surface area contributed by atoms with Gasteiger partial charge in [-0.05, 0) is 36.6 Å². The highest BCUT2D eigenvalue weighted by atomic mass is 16.3. The van der Waals surface area contributed by atoms with Crippen molar-refractivity contribution < 1.29 is 9.90 Å². The summed E-state index contributed by atoms with van der Waals surface area (Å²) in [6.07, 6.45) is 0.409. The summed E-state index contributed by atoms with van der Waals surface area (Å²) in [7, 11) is 0. The zero-order valence-corrected chi connectivity index (χ0v) is 13.2. The summed E-state index contributed by atoms with van der Waals surface area (Å²) >= 11 is 0. The molecule has 0 aliphatic rings. The van der Waals surface area contributed by atoms with Crippen molar-refractivity contribution in [2.24, 2.45) is 11.5 Å². The van der Waals surface area contributed by atoms with Gasteiger partial charge < -0.3 is 21.9 Å². The Morgan fingerprint density at radius 2 is 1.70 bits per heavy atom. The Balaban J connectivity index is 1.83. The Hall–Kier alpha value is -2.37. The molecule has 122 valence electrons. The van der Waals surface area contributed by atoms with Crippen LogP contribution in [0.15, 0.2) is 48.5 Å². The van der Waals surface area contributed by atoms with Crippen molar-refractivity contribution in [1.82, 2.24) is 5.32 Å². The summed E-state index contributed by atoms with van der Waals surface area (Å²) in [5.41, 5.74) is 15.0. The number of phenols is 1. The van der Waals surface area contributed by atoms with Gasteiger partial charge in [0.05, 0.1) is 6.04 Å². The van der Waals surface area contributed by atoms with Gasteiger partial charge in [0.1, 0.15) is 5.75 Å². The van der Waals surface area contributed by atoms with E-state index in [1.165, 1.54) is 5.56 Å². The standard InChI is InChI=1S/C18H23N3O2/c1-12-2-6-14(7-3-12)17(20)11-21-18(23)16(19)10-13-4-8-15(22)9-5-13/h2-9,16-17,22H,10-11,19-20H2,1H3,(H,21,23)/t16-,17?/m0/s1. The van der Waals surface area contributed by atoms with E-state index in [0.29, 0.717) is 13.0 Å². The molecule has 2 aromatic carbocycles. The van der Waals surface area contributed by atoms with Crippen LogP contribution in [-0.4, -0.2) is 23.6 Å². The molecule has 1 amide bonds. The summed E-state index contributed by atoms with van der Waals surface area (Å²) < 4.78 is 0. The molecule has 5 nitrogen and oxygen atoms in total. The third-order valence-electron chi connectivity index (χ3n) is 3.73. The van der Waals surface area contributed by atoms with E-state index in [1.54, 1.807) is 24.3 Å². The van der Waals surface area contributed by atoms with Crippen LogP contribution >= 0.6 is 0 Å². The highest BCUT2D eigenvalue weighted by Gasteiger charge is 2.15. The van der Waals surface area contributed by atoms with Crippen LogP contribution in [0.5, 0.6) is 5.75 Å². The smallest absolute Gasteiger partial charge is 0.237 e. The first kappa shape index (κ1) is 17.0. The quantitative estimate of drug-likeness (QED) is 0.647. The largest absolute Gasteiger partial charge is 0.508 e. The highest BCUT2D eigenvalue weighted by Crippen LogP contribution is 2.12. The zero-order valence-electron chi connectivity index (χ0n) is 13.2. The van der Waals surface area contributed by atoms with Gasteiger partial charge in [0.15, 0.2) is 0 Å². The van der Waals surface area contributed by atoms with Crippen LogP contribution < -0.4 is 16.8 Å². The molecule has 6 N–H and O–H groups in total. The number of benzene rings is 2. The van der Waals surface area contributed by atoms with Crippen molar-refractivity contribution in [3.8, 4) is 5.75 Å². The molecule has 5 heteroatoms. The topological polar surface area (TPSA) is 101 Å². The van der Waals surface area contributed by atoms with Crippen molar-refractivity contribution in [2.45, 2.75) is 25.4 Å². The lowest BCUT2D eigenvalue weighted by molar-refractivity contribution is -0.122. The number of hydrogen-bond acceptors (Lipinski definition) is 4. The molecular weight excluding hydrogens is 290 g/mol. The molecule has 0 aromatic heterocycles. The maximum Gasteiger partial charge on any atom is 0.237 e. The lowest BCUT2D eigenvalue weighted by Crippen LogP contribution is -2.44. The van der Waals surface area contributed by atoms with Gasteiger partial charge in [-0.3, -0.25) is 4.79 Å². The molecule has 0 fully saturated rings. The minimum absolute atomic E-state index is 0.191. The lowest BCUT2D eigenvalue weighted by Gasteiger charge is -2.16. The summed E-state index contributed by atoms with van der Waals surface area (Å²) in [5.74, 6) is -0.0449. The van der Waals surface area contributed by atoms with Crippen molar-refractivity contribution in [3.05, 3.63) is 65.2 Å². The van der Waals surface area contributed by atoms with Gasteiger partial charge in [-0.15, -0.1) is 0 Å². The maximum absolute atomic E-state index is 12.1. The van der Waals surface area contributed by atoms with Crippen LogP contribution in [0.4, 0.5) is 0 Å². The van der Waals surface area contributed by atoms with E-state index in [0.717, 1.165) is 11.1 Å². The molecule has 0 saturated carbocycles. The molecule has 2 atom stereocenters. The van der Waals surface area contributed by atoms with E-state index in [-0.39, 0.29) is 17.7 Å². The Morgan fingerprint density at radius 1 is 1.09 bits per heavy atom. The average Bonchev–Trinajstić information content (AvgIpc) is 2.55. The van der Waals surface area contributed by atoms with Crippen molar-refractivity contribution in [1.29, 1.82) is 0 Å². The summed E-state index contributed by atoms with van der Waals surface area (Å²) in [5, 5.41) is 12.0. The van der Waals surface area contributed by atoms with Crippen molar-refractivity contribution >= 4 is 5.91 Å². The van der Waals surface area contributed by atoms with Crippen molar-refractivity contribution in [3.63, 3.8) is 0 Å². The second-order valence-corrected chi connectivity index (χ2v) is 5.74. The number of rotatable bonds is 6. The van der Waals surface area contributed by atoms with E-state index in [2.05, 4.69) is 5.32 Å². The Morgan fingerprint density at radius 3 is 2.30 bits per heavy atom. The SMILES string of the molecule is Cc1ccc(C(N)CNC(=O)[C@@H](N)Cc2ccc(O)cc2)cc1. The molecule has 0 aliphatic carbocycles. The Labute approximate surface area is 136 Å². The molecule has 0 saturated heterocycles. The average molecular weight is 313 g/mol. The van der Waals surface area contributed by atoms with E-state index >= 15 is 0 Å². The van der Waals surface area contributed by atoms with E-state index < -0.39 is 6.04 Å². The van der Waals surface area contributed by atoms with Gasteiger partial charge in [-0.1, -0.05) is 42.0 Å². The van der Waals surface area contributed by atoms with Crippen LogP contribution in [-0.2, 0) is 11.2 Å². The minimum Gasteiger partial charge on any atom is -0.508 e. The maximum atomic E-state index is 12.1. The summed E-state index contributed by atoms with van der Waals surface area (Å²) in [4.78, 5) is 12.1. The zero-order chi connectivity index (χ0) is 16.8. The fraction of sp³-hybridized carbons (Fsp3) is 0.278. The molecule has 1 unspecified atom stereocenters. The molecule has 2 aromatic rings. The monoisotopic (exact) mass is 313 g/mol. The number of amides is 1. The highest BCUT2D eigenvalue weighted by molar-refractivity contribution is 5.81. The van der Waals surface area contributed by atoms with Crippen LogP contribution in [0.2, 0.25) is 0 Å². The lowest BCUT2D eigenvalue weighted by atomic mass is 10.0. The molecule has 0 aliphatic heterocycles. The third-order valence-corrected chi connectivity index (χ3v) is 3.73. The molecule has 0 radical (unpaired) electrons. The Bertz CT molecular complexity index is 638. The number of carbonyl (C=O) groups is 1. The van der Waals surface area contributed by atoms with Gasteiger partial charge in [-0.25, -0.2) is 0 Å². The number of phenolic OH excluding ortho intramolecular Hbond substituents is 1. The molecule has 0 spiro atoms. The molecule has 0 heterocycles. The summed E-state index contributed by atoms with van der Waals surface area (Å²) in [6, 6.07) is 13.7. The fourth-order valence-corrected chi connectivity index (χ4v) is 2.25. The first-order valence-corrected chi connectivity index (χ1v) is 7.59. The molecule has 2 rings (SSSR count). The number of aromatic hydroxyl groups is 1. The van der Waals surface area contributed by atoms with E-state index in [4.69, 9.17) is 11.5 Å². The van der Waals surface area contributed by atoms with Crippen molar-refractivity contribution in [2.75, 3.05) is 6.54 Å². The number of aryl methyl sites for hydroxylation is 1. The summed E-state index contributed by atoms with van der Waals surface area (Å²) in [6.45, 7) is 2.35. The molecule has 0 bridgehead atoms. The van der Waals surface area contributed by atoms with Crippen LogP contribution in [0.1, 0.15) is 22.7 Å². The predicted molar refractivity (Wildman–Crippen MR) is 90.9 cm³/mol. The molecule has 23 heavy (non-hydrogen) atoms. The van der Waals surface area contributed by atoms with Gasteiger partial charge in [-0.2, -0.15) is 0 Å². The fourth-order valence-electron chi connectivity index (χ4n) is 2.25. The first-order valence-electron chi connectivity index (χ1n) is 7.59. The van der Waals surface area contributed by atoms with Crippen LogP contribution in [0, 0.1) is 6.92 Å². The predicted octanol–water partition coefficient (Wildman–Crippen LogP) is 1.39. The van der Waals surface area contributed by atoms with Gasteiger partial charge >= 0.3 is 0 Å². The number of nitrogens with one attached hydrogen (secondary N) is 1. The Kier molecular flexibility index (Phi) is 5.73. The number of hydrogen-bond donors (Lipinski definition) is 4. The first-order chi connectivity index (χ1) is 11.0. The third kappa shape index (κ3) is 5.09. The van der Waals surface area contributed by atoms with Gasteiger partial charge in [0, 0.05) is 12.6 Å². The van der Waals surface area contributed by atoms with Crippen LogP contribution in [0.3, 0.4) is 0 Å². The number of nitrogens with two attached hydrogens (primary N) is 2. The second-order valence-electron chi connectivity index (χ2n) is 5.74. The second kappa shape index (κ2) is 7.76. The van der Waals surface area contributed by atoms with Crippen LogP contribution in [0.25, 0.3) is 0 Å². The van der Waals surface area contributed by atoms with E-state index in [1.807, 2.05) is 31.2 Å². The number of carbonyl (C=O) groups excluding carboxylic acids is 1. The van der Waals surface area contributed by atoms with Gasteiger partial charge in [0.25, 0.3) is 0 Å². The van der Waals surface area contributed by atoms with E-state index in [9.17, 15) is 9.90 Å². The minimum atomic E-state index is -0.648. The molecular formula is C18H23N3O2. The van der Waals surface area contributed by atoms with Gasteiger partial charge in [0.2, 0.25) is 5.91 Å².